The van der Waals surface area contributed by atoms with Crippen molar-refractivity contribution in [2.75, 3.05) is 5.32 Å². The summed E-state index contributed by atoms with van der Waals surface area (Å²) in [7, 11) is 0. The number of fused-ring (bicyclic) bond motifs is 1. The Hall–Kier alpha value is -1.36. The Morgan fingerprint density at radius 3 is 2.88 bits per heavy atom. The van der Waals surface area contributed by atoms with E-state index in [-0.39, 0.29) is 10.9 Å². The second-order valence-electron chi connectivity index (χ2n) is 4.66. The summed E-state index contributed by atoms with van der Waals surface area (Å²) in [6.07, 6.45) is 0. The van der Waals surface area contributed by atoms with Gasteiger partial charge in [0, 0.05) is 3.57 Å². The van der Waals surface area contributed by atoms with Crippen LogP contribution in [0.15, 0.2) is 36.4 Å². The molecule has 0 unspecified atom stereocenters. The van der Waals surface area contributed by atoms with Crippen molar-refractivity contribution in [3.63, 3.8) is 0 Å². The highest BCUT2D eigenvalue weighted by Gasteiger charge is 2.13. The summed E-state index contributed by atoms with van der Waals surface area (Å²) in [6.45, 7) is 0. The van der Waals surface area contributed by atoms with Crippen LogP contribution < -0.4 is 10.6 Å². The van der Waals surface area contributed by atoms with Gasteiger partial charge in [-0.25, -0.2) is 9.37 Å². The summed E-state index contributed by atoms with van der Waals surface area (Å²) < 4.78 is 14.8. The lowest BCUT2D eigenvalue weighted by Crippen LogP contribution is -2.34. The molecule has 122 valence electrons. The van der Waals surface area contributed by atoms with Crippen molar-refractivity contribution in [1.29, 1.82) is 0 Å². The minimum Gasteiger partial charge on any atom is -0.308 e. The van der Waals surface area contributed by atoms with Crippen LogP contribution in [0.2, 0.25) is 5.02 Å². The van der Waals surface area contributed by atoms with Crippen molar-refractivity contribution in [3.8, 4) is 0 Å². The molecule has 0 fully saturated rings. The third kappa shape index (κ3) is 4.00. The average molecular weight is 492 g/mol. The SMILES string of the molecule is O=C(NC(=S)Nc1nc2ccc(F)cc2s1)c1cc(I)ccc1Cl. The lowest BCUT2D eigenvalue weighted by atomic mass is 10.2. The van der Waals surface area contributed by atoms with Gasteiger partial charge < -0.3 is 5.32 Å². The number of thiazole rings is 1. The van der Waals surface area contributed by atoms with Crippen LogP contribution >= 0.6 is 57.7 Å². The first-order chi connectivity index (χ1) is 11.4. The third-order valence-corrected chi connectivity index (χ3v) is 5.11. The maximum Gasteiger partial charge on any atom is 0.258 e. The van der Waals surface area contributed by atoms with Crippen LogP contribution in [0.3, 0.4) is 0 Å². The Morgan fingerprint density at radius 2 is 2.08 bits per heavy atom. The van der Waals surface area contributed by atoms with E-state index in [9.17, 15) is 9.18 Å². The summed E-state index contributed by atoms with van der Waals surface area (Å²) in [4.78, 5) is 16.5. The molecule has 2 N–H and O–H groups in total. The summed E-state index contributed by atoms with van der Waals surface area (Å²) >= 11 is 14.5. The van der Waals surface area contributed by atoms with Gasteiger partial charge in [0.2, 0.25) is 0 Å². The fourth-order valence-electron chi connectivity index (χ4n) is 1.92. The Kier molecular flexibility index (Phi) is 5.28. The number of carbonyl (C=O) groups is 1. The number of hydrogen-bond donors (Lipinski definition) is 2. The number of nitrogens with zero attached hydrogens (tertiary/aromatic N) is 1. The lowest BCUT2D eigenvalue weighted by Gasteiger charge is -2.08. The van der Waals surface area contributed by atoms with Gasteiger partial charge in [-0.3, -0.25) is 10.1 Å². The van der Waals surface area contributed by atoms with Gasteiger partial charge in [0.1, 0.15) is 5.82 Å². The molecule has 3 rings (SSSR count). The van der Waals surface area contributed by atoms with E-state index in [1.165, 1.54) is 23.5 Å². The predicted octanol–water partition coefficient (Wildman–Crippen LogP) is 4.82. The van der Waals surface area contributed by atoms with Gasteiger partial charge in [-0.1, -0.05) is 22.9 Å². The van der Waals surface area contributed by atoms with E-state index in [1.54, 1.807) is 24.3 Å². The zero-order valence-corrected chi connectivity index (χ0v) is 16.3. The van der Waals surface area contributed by atoms with E-state index >= 15 is 0 Å². The summed E-state index contributed by atoms with van der Waals surface area (Å²) in [5, 5.41) is 6.28. The molecule has 0 aliphatic heterocycles. The first kappa shape index (κ1) is 17.5. The molecule has 0 bridgehead atoms. The van der Waals surface area contributed by atoms with Crippen LogP contribution in [0.1, 0.15) is 10.4 Å². The van der Waals surface area contributed by atoms with Gasteiger partial charge in [-0.2, -0.15) is 0 Å². The lowest BCUT2D eigenvalue weighted by molar-refractivity contribution is 0.0978. The van der Waals surface area contributed by atoms with E-state index < -0.39 is 5.91 Å². The number of thiocarbonyl (C=S) groups is 1. The number of halogens is 3. The molecular formula is C15H8ClFIN3OS2. The van der Waals surface area contributed by atoms with Crippen molar-refractivity contribution in [2.45, 2.75) is 0 Å². The number of anilines is 1. The van der Waals surface area contributed by atoms with Crippen molar-refractivity contribution < 1.29 is 9.18 Å². The second kappa shape index (κ2) is 7.26. The Bertz CT molecular complexity index is 963. The van der Waals surface area contributed by atoms with Crippen molar-refractivity contribution in [3.05, 3.63) is 56.4 Å². The van der Waals surface area contributed by atoms with E-state index in [0.717, 1.165) is 3.57 Å². The molecule has 1 amide bonds. The molecule has 2 aromatic carbocycles. The summed E-state index contributed by atoms with van der Waals surface area (Å²) in [6, 6.07) is 9.44. The molecule has 0 saturated carbocycles. The first-order valence-corrected chi connectivity index (χ1v) is 9.24. The smallest absolute Gasteiger partial charge is 0.258 e. The first-order valence-electron chi connectivity index (χ1n) is 6.56. The molecule has 4 nitrogen and oxygen atoms in total. The molecule has 0 saturated heterocycles. The molecule has 1 aromatic heterocycles. The molecule has 0 aliphatic carbocycles. The average Bonchev–Trinajstić information content (AvgIpc) is 2.90. The molecule has 0 spiro atoms. The molecule has 0 radical (unpaired) electrons. The number of aromatic nitrogens is 1. The molecule has 0 atom stereocenters. The van der Waals surface area contributed by atoms with Crippen molar-refractivity contribution >= 4 is 84.1 Å². The number of benzene rings is 2. The van der Waals surface area contributed by atoms with E-state index in [4.69, 9.17) is 23.8 Å². The molecule has 3 aromatic rings. The number of hydrogen-bond acceptors (Lipinski definition) is 4. The van der Waals surface area contributed by atoms with Gasteiger partial charge in [0.25, 0.3) is 5.91 Å². The van der Waals surface area contributed by atoms with Gasteiger partial charge in [-0.05, 0) is 71.2 Å². The minimum absolute atomic E-state index is 0.0921. The fourth-order valence-corrected chi connectivity index (χ4v) is 3.77. The molecule has 1 heterocycles. The zero-order valence-electron chi connectivity index (χ0n) is 11.8. The van der Waals surface area contributed by atoms with Crippen LogP contribution in [0, 0.1) is 9.39 Å². The number of rotatable bonds is 2. The van der Waals surface area contributed by atoms with Crippen LogP contribution in [-0.4, -0.2) is 16.0 Å². The molecular weight excluding hydrogens is 484 g/mol. The normalized spacial score (nSPS) is 10.6. The van der Waals surface area contributed by atoms with Crippen LogP contribution in [0.25, 0.3) is 10.2 Å². The predicted molar refractivity (Wildman–Crippen MR) is 107 cm³/mol. The summed E-state index contributed by atoms with van der Waals surface area (Å²) in [5.74, 6) is -0.745. The standard InChI is InChI=1S/C15H8ClFIN3OS2/c16-10-3-2-8(18)6-9(10)13(22)20-14(23)21-15-19-11-4-1-7(17)5-12(11)24-15/h1-6H,(H2,19,20,21,22,23). The van der Waals surface area contributed by atoms with Crippen molar-refractivity contribution in [2.24, 2.45) is 0 Å². The van der Waals surface area contributed by atoms with Gasteiger partial charge in [0.05, 0.1) is 20.8 Å². The largest absolute Gasteiger partial charge is 0.308 e. The third-order valence-electron chi connectivity index (χ3n) is 2.97. The van der Waals surface area contributed by atoms with Gasteiger partial charge in [-0.15, -0.1) is 0 Å². The van der Waals surface area contributed by atoms with Crippen LogP contribution in [-0.2, 0) is 0 Å². The quantitative estimate of drug-likeness (QED) is 0.399. The summed E-state index contributed by atoms with van der Waals surface area (Å²) in [5.41, 5.74) is 0.984. The zero-order chi connectivity index (χ0) is 17.3. The Labute approximate surface area is 164 Å². The highest BCUT2D eigenvalue weighted by atomic mass is 127. The monoisotopic (exact) mass is 491 g/mol. The molecule has 0 aliphatic rings. The number of carbonyl (C=O) groups excluding carboxylic acids is 1. The van der Waals surface area contributed by atoms with Crippen LogP contribution in [0.4, 0.5) is 9.52 Å². The maximum atomic E-state index is 13.2. The van der Waals surface area contributed by atoms with E-state index in [2.05, 4.69) is 38.2 Å². The van der Waals surface area contributed by atoms with E-state index in [0.29, 0.717) is 25.9 Å². The molecule has 9 heteroatoms. The highest BCUT2D eigenvalue weighted by molar-refractivity contribution is 14.1. The van der Waals surface area contributed by atoms with Gasteiger partial charge in [0.15, 0.2) is 10.2 Å². The van der Waals surface area contributed by atoms with Crippen LogP contribution in [0.5, 0.6) is 0 Å². The number of nitrogens with one attached hydrogen (secondary N) is 2. The minimum atomic E-state index is -0.414. The Morgan fingerprint density at radius 1 is 1.29 bits per heavy atom. The Balaban J connectivity index is 1.72. The molecule has 24 heavy (non-hydrogen) atoms. The topological polar surface area (TPSA) is 54.0 Å². The fraction of sp³-hybridized carbons (Fsp3) is 0. The number of amides is 1. The van der Waals surface area contributed by atoms with E-state index in [1.807, 2.05) is 0 Å². The highest BCUT2D eigenvalue weighted by Crippen LogP contribution is 2.26. The maximum absolute atomic E-state index is 13.2. The van der Waals surface area contributed by atoms with Crippen molar-refractivity contribution in [1.82, 2.24) is 10.3 Å². The van der Waals surface area contributed by atoms with Gasteiger partial charge >= 0.3 is 0 Å². The second-order valence-corrected chi connectivity index (χ2v) is 7.76.